The number of aromatic nitrogens is 2. The van der Waals surface area contributed by atoms with Gasteiger partial charge in [-0.3, -0.25) is 4.79 Å². The number of ether oxygens (including phenoxy) is 1. The van der Waals surface area contributed by atoms with Crippen LogP contribution in [-0.2, 0) is 9.53 Å². The third-order valence-electron chi connectivity index (χ3n) is 5.51. The zero-order chi connectivity index (χ0) is 15.7. The fraction of sp³-hybridized carbons (Fsp3) is 0.812. The molecule has 3 heterocycles. The maximum atomic E-state index is 12.7. The summed E-state index contributed by atoms with van der Waals surface area (Å²) in [6, 6.07) is 0. The second kappa shape index (κ2) is 6.36. The predicted octanol–water partition coefficient (Wildman–Crippen LogP) is 1.83. The van der Waals surface area contributed by atoms with Crippen molar-refractivity contribution in [3.05, 3.63) is 6.33 Å². The second-order valence-electron chi connectivity index (χ2n) is 7.16. The van der Waals surface area contributed by atoms with Gasteiger partial charge in [-0.05, 0) is 50.4 Å². The van der Waals surface area contributed by atoms with Crippen LogP contribution < -0.4 is 10.2 Å². The van der Waals surface area contributed by atoms with Gasteiger partial charge in [0.25, 0.3) is 5.91 Å². The molecule has 7 heteroatoms. The minimum absolute atomic E-state index is 0.118. The van der Waals surface area contributed by atoms with Gasteiger partial charge in [-0.1, -0.05) is 0 Å². The molecule has 2 bridgehead atoms. The molecule has 4 rings (SSSR count). The summed E-state index contributed by atoms with van der Waals surface area (Å²) in [6.07, 6.45) is 8.05. The normalized spacial score (nSPS) is 33.7. The first-order valence-corrected chi connectivity index (χ1v) is 9.46. The molecule has 2 aliphatic heterocycles. The van der Waals surface area contributed by atoms with E-state index in [2.05, 4.69) is 19.6 Å². The number of hydrogen-bond acceptors (Lipinski definition) is 6. The highest BCUT2D eigenvalue weighted by Crippen LogP contribution is 2.41. The first-order chi connectivity index (χ1) is 11.3. The fourth-order valence-corrected chi connectivity index (χ4v) is 4.84. The molecule has 0 spiro atoms. The summed E-state index contributed by atoms with van der Waals surface area (Å²) in [5, 5.41) is 4.18. The van der Waals surface area contributed by atoms with E-state index in [9.17, 15) is 4.79 Å². The zero-order valence-electron chi connectivity index (χ0n) is 13.4. The van der Waals surface area contributed by atoms with E-state index < -0.39 is 5.60 Å². The summed E-state index contributed by atoms with van der Waals surface area (Å²) in [5.74, 6) is 1.19. The topological polar surface area (TPSA) is 67.4 Å². The van der Waals surface area contributed by atoms with Crippen LogP contribution in [0.5, 0.6) is 0 Å². The number of nitrogens with one attached hydrogen (secondary N) is 1. The number of piperidine rings is 1. The maximum Gasteiger partial charge on any atom is 0.252 e. The van der Waals surface area contributed by atoms with E-state index in [4.69, 9.17) is 4.74 Å². The van der Waals surface area contributed by atoms with E-state index in [-0.39, 0.29) is 5.91 Å². The molecule has 126 valence electrons. The van der Waals surface area contributed by atoms with Crippen LogP contribution >= 0.6 is 11.5 Å². The maximum absolute atomic E-state index is 12.7. The van der Waals surface area contributed by atoms with Gasteiger partial charge >= 0.3 is 0 Å². The Hall–Kier alpha value is -1.21. The Bertz CT molecular complexity index is 548. The lowest BCUT2D eigenvalue weighted by atomic mass is 9.80. The Morgan fingerprint density at radius 2 is 2.43 bits per heavy atom. The molecule has 23 heavy (non-hydrogen) atoms. The summed E-state index contributed by atoms with van der Waals surface area (Å²) >= 11 is 1.44. The van der Waals surface area contributed by atoms with Crippen molar-refractivity contribution in [2.75, 3.05) is 31.1 Å². The number of nitrogens with zero attached hydrogens (tertiary/aromatic N) is 3. The van der Waals surface area contributed by atoms with E-state index >= 15 is 0 Å². The van der Waals surface area contributed by atoms with Gasteiger partial charge in [0, 0.05) is 31.2 Å². The van der Waals surface area contributed by atoms with E-state index in [1.54, 1.807) is 6.33 Å². The second-order valence-corrected chi connectivity index (χ2v) is 7.91. The van der Waals surface area contributed by atoms with Gasteiger partial charge in [-0.25, -0.2) is 4.98 Å². The first kappa shape index (κ1) is 15.3. The number of hydrogen-bond donors (Lipinski definition) is 1. The van der Waals surface area contributed by atoms with Crippen molar-refractivity contribution < 1.29 is 9.53 Å². The highest BCUT2D eigenvalue weighted by Gasteiger charge is 2.48. The average molecular weight is 336 g/mol. The molecule has 1 aromatic rings. The van der Waals surface area contributed by atoms with Crippen LogP contribution in [0.4, 0.5) is 5.13 Å². The van der Waals surface area contributed by atoms with Crippen LogP contribution in [0.3, 0.4) is 0 Å². The molecule has 3 fully saturated rings. The number of fused-ring (bicyclic) bond motifs is 2. The van der Waals surface area contributed by atoms with E-state index in [0.717, 1.165) is 63.5 Å². The SMILES string of the molecule is O=C(NC[C@H]1CCCN(c2ncns2)C1)C12CCCC(CO1)C2. The quantitative estimate of drug-likeness (QED) is 0.908. The van der Waals surface area contributed by atoms with Crippen molar-refractivity contribution in [1.29, 1.82) is 0 Å². The largest absolute Gasteiger partial charge is 0.365 e. The standard InChI is InChI=1S/C16H24N4O2S/c21-14(16-5-1-3-12(7-16)10-22-16)17-8-13-4-2-6-20(9-13)15-18-11-19-23-15/h11-13H,1-10H2,(H,17,21)/t12?,13-,16?/m1/s1. The molecular formula is C16H24N4O2S. The minimum Gasteiger partial charge on any atom is -0.365 e. The van der Waals surface area contributed by atoms with Gasteiger partial charge in [0.15, 0.2) is 0 Å². The van der Waals surface area contributed by atoms with Crippen molar-refractivity contribution in [3.63, 3.8) is 0 Å². The molecule has 3 atom stereocenters. The van der Waals surface area contributed by atoms with Crippen LogP contribution in [0.25, 0.3) is 0 Å². The number of anilines is 1. The lowest BCUT2D eigenvalue weighted by Crippen LogP contribution is -2.50. The van der Waals surface area contributed by atoms with Crippen molar-refractivity contribution in [1.82, 2.24) is 14.7 Å². The van der Waals surface area contributed by atoms with E-state index in [0.29, 0.717) is 11.8 Å². The van der Waals surface area contributed by atoms with E-state index in [1.165, 1.54) is 18.0 Å². The molecule has 0 radical (unpaired) electrons. The highest BCUT2D eigenvalue weighted by atomic mass is 32.1. The fourth-order valence-electron chi connectivity index (χ4n) is 4.28. The molecule has 6 nitrogen and oxygen atoms in total. The Balaban J connectivity index is 1.31. The third-order valence-corrected chi connectivity index (χ3v) is 6.24. The van der Waals surface area contributed by atoms with Gasteiger partial charge < -0.3 is 15.0 Å². The Morgan fingerprint density at radius 3 is 3.30 bits per heavy atom. The lowest BCUT2D eigenvalue weighted by molar-refractivity contribution is -0.142. The molecule has 1 N–H and O–H groups in total. The van der Waals surface area contributed by atoms with Crippen LogP contribution in [0, 0.1) is 11.8 Å². The number of amides is 1. The van der Waals surface area contributed by atoms with Crippen LogP contribution in [-0.4, -0.2) is 47.1 Å². The van der Waals surface area contributed by atoms with Crippen molar-refractivity contribution in [2.24, 2.45) is 11.8 Å². The molecule has 2 saturated heterocycles. The summed E-state index contributed by atoms with van der Waals surface area (Å²) < 4.78 is 9.99. The Morgan fingerprint density at radius 1 is 1.48 bits per heavy atom. The zero-order valence-corrected chi connectivity index (χ0v) is 14.2. The van der Waals surface area contributed by atoms with Crippen molar-refractivity contribution in [3.8, 4) is 0 Å². The Labute approximate surface area is 140 Å². The van der Waals surface area contributed by atoms with Gasteiger partial charge in [-0.2, -0.15) is 4.37 Å². The van der Waals surface area contributed by atoms with Gasteiger partial charge in [-0.15, -0.1) is 0 Å². The van der Waals surface area contributed by atoms with E-state index in [1.807, 2.05) is 0 Å². The van der Waals surface area contributed by atoms with Crippen molar-refractivity contribution in [2.45, 2.75) is 44.1 Å². The van der Waals surface area contributed by atoms with Gasteiger partial charge in [0.2, 0.25) is 5.13 Å². The predicted molar refractivity (Wildman–Crippen MR) is 88.5 cm³/mol. The van der Waals surface area contributed by atoms with Crippen LogP contribution in [0.2, 0.25) is 0 Å². The molecule has 1 saturated carbocycles. The van der Waals surface area contributed by atoms with Crippen LogP contribution in [0.15, 0.2) is 6.33 Å². The van der Waals surface area contributed by atoms with Crippen molar-refractivity contribution >= 4 is 22.6 Å². The number of carbonyl (C=O) groups excluding carboxylic acids is 1. The summed E-state index contributed by atoms with van der Waals surface area (Å²) in [6.45, 7) is 3.49. The molecule has 1 aliphatic carbocycles. The lowest BCUT2D eigenvalue weighted by Gasteiger charge is -2.34. The third kappa shape index (κ3) is 3.08. The molecule has 3 aliphatic rings. The molecule has 1 amide bonds. The monoisotopic (exact) mass is 336 g/mol. The molecule has 0 aromatic carbocycles. The summed E-state index contributed by atoms with van der Waals surface area (Å²) in [4.78, 5) is 19.3. The first-order valence-electron chi connectivity index (χ1n) is 8.69. The smallest absolute Gasteiger partial charge is 0.252 e. The molecule has 2 unspecified atom stereocenters. The average Bonchev–Trinajstić information content (AvgIpc) is 3.22. The summed E-state index contributed by atoms with van der Waals surface area (Å²) in [7, 11) is 0. The molecule has 1 aromatic heterocycles. The summed E-state index contributed by atoms with van der Waals surface area (Å²) in [5.41, 5.74) is -0.517. The number of rotatable bonds is 4. The van der Waals surface area contributed by atoms with Gasteiger partial charge in [0.1, 0.15) is 11.9 Å². The highest BCUT2D eigenvalue weighted by molar-refractivity contribution is 7.09. The number of carbonyl (C=O) groups is 1. The molecular weight excluding hydrogens is 312 g/mol. The Kier molecular flexibility index (Phi) is 4.24. The van der Waals surface area contributed by atoms with Gasteiger partial charge in [0.05, 0.1) is 6.61 Å². The van der Waals surface area contributed by atoms with Crippen LogP contribution in [0.1, 0.15) is 38.5 Å². The minimum atomic E-state index is -0.517.